The first-order valence-corrected chi connectivity index (χ1v) is 6.74. The van der Waals surface area contributed by atoms with Gasteiger partial charge in [0.05, 0.1) is 13.2 Å². The number of nitrogens with zero attached hydrogens (tertiary/aromatic N) is 1. The van der Waals surface area contributed by atoms with E-state index in [2.05, 4.69) is 4.99 Å². The number of aliphatic hydroxyl groups excluding tert-OH is 1. The molecule has 2 N–H and O–H groups in total. The minimum atomic E-state index is -1.27. The number of benzene rings is 2. The molecule has 6 nitrogen and oxygen atoms in total. The molecule has 0 aliphatic carbocycles. The lowest BCUT2D eigenvalue weighted by atomic mass is 9.94. The molecule has 0 saturated carbocycles. The normalized spacial score (nSPS) is 9.78. The Labute approximate surface area is 133 Å². The molecule has 23 heavy (non-hydrogen) atoms. The molecule has 0 aromatic heterocycles. The molecule has 0 amide bonds. The summed E-state index contributed by atoms with van der Waals surface area (Å²) in [5.41, 5.74) is 0.151. The lowest BCUT2D eigenvalue weighted by Gasteiger charge is -2.29. The highest BCUT2D eigenvalue weighted by molar-refractivity contribution is 5.43. The van der Waals surface area contributed by atoms with Crippen LogP contribution in [0.4, 0.5) is 0 Å². The minimum absolute atomic E-state index is 0.0645. The first-order chi connectivity index (χ1) is 11.2. The smallest absolute Gasteiger partial charge is 0.238 e. The number of isocyanates is 2. The number of hydrogen-bond donors (Lipinski definition) is 2. The lowest BCUT2D eigenvalue weighted by Crippen LogP contribution is -2.30. The maximum atomic E-state index is 10.9. The number of aliphatic imine (C=N–C) groups is 1. The Hall–Kier alpha value is -2.88. The Morgan fingerprint density at radius 1 is 1.00 bits per heavy atom. The van der Waals surface area contributed by atoms with E-state index in [9.17, 15) is 4.79 Å². The van der Waals surface area contributed by atoms with Gasteiger partial charge in [0.1, 0.15) is 0 Å². The fourth-order valence-corrected chi connectivity index (χ4v) is 2.08. The van der Waals surface area contributed by atoms with Crippen molar-refractivity contribution in [1.29, 1.82) is 5.41 Å². The summed E-state index contributed by atoms with van der Waals surface area (Å²) >= 11 is 0. The molecular weight excluding hydrogens is 296 g/mol. The maximum Gasteiger partial charge on any atom is 0.238 e. The molecule has 0 saturated heterocycles. The highest BCUT2D eigenvalue weighted by Gasteiger charge is 2.35. The second-order valence-electron chi connectivity index (χ2n) is 4.25. The highest BCUT2D eigenvalue weighted by Crippen LogP contribution is 2.34. The Balaban J connectivity index is 0.000000816. The van der Waals surface area contributed by atoms with Crippen molar-refractivity contribution in [2.24, 2.45) is 4.99 Å². The van der Waals surface area contributed by atoms with Crippen LogP contribution in [0.5, 0.6) is 0 Å². The molecule has 0 heterocycles. The Kier molecular flexibility index (Phi) is 7.86. The summed E-state index contributed by atoms with van der Waals surface area (Å²) in [6.07, 6.45) is 2.33. The third-order valence-corrected chi connectivity index (χ3v) is 2.94. The lowest BCUT2D eigenvalue weighted by molar-refractivity contribution is -0.0280. The van der Waals surface area contributed by atoms with Gasteiger partial charge >= 0.3 is 0 Å². The number of nitrogens with one attached hydrogen (secondary N) is 1. The second kappa shape index (κ2) is 9.95. The van der Waals surface area contributed by atoms with Crippen LogP contribution in [0, 0.1) is 5.41 Å². The SMILES string of the molecule is N=C=O.O=C=NC(OCCO)(c1ccccc1)c1ccccc1. The van der Waals surface area contributed by atoms with Gasteiger partial charge in [-0.05, 0) is 0 Å². The molecular formula is C17H16N2O4. The van der Waals surface area contributed by atoms with Gasteiger partial charge in [-0.3, -0.25) is 0 Å². The largest absolute Gasteiger partial charge is 0.394 e. The van der Waals surface area contributed by atoms with Crippen LogP contribution in [-0.2, 0) is 20.1 Å². The Morgan fingerprint density at radius 3 is 1.78 bits per heavy atom. The van der Waals surface area contributed by atoms with Gasteiger partial charge in [-0.1, -0.05) is 60.7 Å². The van der Waals surface area contributed by atoms with Gasteiger partial charge in [0.25, 0.3) is 0 Å². The Bertz CT molecular complexity index is 622. The topological polar surface area (TPSA) is 99.8 Å². The maximum absolute atomic E-state index is 10.9. The van der Waals surface area contributed by atoms with Gasteiger partial charge in [0.15, 0.2) is 0 Å². The summed E-state index contributed by atoms with van der Waals surface area (Å²) in [6.45, 7) is -0.0925. The summed E-state index contributed by atoms with van der Waals surface area (Å²) in [4.78, 5) is 23.1. The van der Waals surface area contributed by atoms with Gasteiger partial charge in [-0.2, -0.15) is 4.99 Å². The van der Waals surface area contributed by atoms with Crippen LogP contribution in [0.2, 0.25) is 0 Å². The van der Waals surface area contributed by atoms with Crippen molar-refractivity contribution in [2.75, 3.05) is 13.2 Å². The van der Waals surface area contributed by atoms with Gasteiger partial charge < -0.3 is 9.84 Å². The van der Waals surface area contributed by atoms with Crippen molar-refractivity contribution in [3.8, 4) is 0 Å². The molecule has 0 unspecified atom stereocenters. The quantitative estimate of drug-likeness (QED) is 0.630. The average Bonchev–Trinajstić information content (AvgIpc) is 2.61. The molecule has 0 spiro atoms. The zero-order valence-corrected chi connectivity index (χ0v) is 12.3. The fourth-order valence-electron chi connectivity index (χ4n) is 2.08. The zero-order chi connectivity index (χ0) is 17.0. The van der Waals surface area contributed by atoms with Gasteiger partial charge in [-0.15, -0.1) is 0 Å². The van der Waals surface area contributed by atoms with Crippen molar-refractivity contribution in [1.82, 2.24) is 0 Å². The summed E-state index contributed by atoms with van der Waals surface area (Å²) in [6, 6.07) is 18.4. The second-order valence-corrected chi connectivity index (χ2v) is 4.25. The van der Waals surface area contributed by atoms with Gasteiger partial charge in [-0.25, -0.2) is 15.0 Å². The molecule has 0 radical (unpaired) electrons. The molecule has 6 heteroatoms. The first kappa shape index (κ1) is 18.2. The first-order valence-electron chi connectivity index (χ1n) is 6.74. The van der Waals surface area contributed by atoms with Crippen LogP contribution < -0.4 is 0 Å². The van der Waals surface area contributed by atoms with E-state index in [1.54, 1.807) is 6.08 Å². The number of hydrogen-bond acceptors (Lipinski definition) is 6. The van der Waals surface area contributed by atoms with E-state index in [-0.39, 0.29) is 13.2 Å². The van der Waals surface area contributed by atoms with E-state index in [1.165, 1.54) is 0 Å². The molecule has 0 bridgehead atoms. The van der Waals surface area contributed by atoms with Crippen molar-refractivity contribution >= 4 is 12.2 Å². The third-order valence-electron chi connectivity index (χ3n) is 2.94. The molecule has 0 atom stereocenters. The Morgan fingerprint density at radius 2 is 1.43 bits per heavy atom. The number of ether oxygens (including phenoxy) is 1. The summed E-state index contributed by atoms with van der Waals surface area (Å²) in [5.74, 6) is 0. The monoisotopic (exact) mass is 312 g/mol. The van der Waals surface area contributed by atoms with Gasteiger partial charge in [0.2, 0.25) is 17.9 Å². The summed E-state index contributed by atoms with van der Waals surface area (Å²) < 4.78 is 5.71. The van der Waals surface area contributed by atoms with E-state index in [4.69, 9.17) is 20.0 Å². The van der Waals surface area contributed by atoms with Crippen molar-refractivity contribution in [3.63, 3.8) is 0 Å². The summed E-state index contributed by atoms with van der Waals surface area (Å²) in [7, 11) is 0. The predicted molar refractivity (Wildman–Crippen MR) is 83.2 cm³/mol. The van der Waals surface area contributed by atoms with E-state index in [1.807, 2.05) is 60.7 Å². The van der Waals surface area contributed by atoms with E-state index >= 15 is 0 Å². The van der Waals surface area contributed by atoms with Crippen LogP contribution in [-0.4, -0.2) is 30.5 Å². The molecule has 0 aliphatic rings. The number of carbonyl (C=O) groups excluding carboxylic acids is 2. The molecule has 0 aliphatic heterocycles. The van der Waals surface area contributed by atoms with Crippen molar-refractivity contribution in [3.05, 3.63) is 71.8 Å². The average molecular weight is 312 g/mol. The third kappa shape index (κ3) is 4.81. The van der Waals surface area contributed by atoms with Crippen LogP contribution >= 0.6 is 0 Å². The van der Waals surface area contributed by atoms with Crippen LogP contribution in [0.15, 0.2) is 65.7 Å². The molecule has 118 valence electrons. The van der Waals surface area contributed by atoms with Crippen molar-refractivity contribution < 1.29 is 19.4 Å². The fraction of sp³-hybridized carbons (Fsp3) is 0.176. The highest BCUT2D eigenvalue weighted by atomic mass is 16.5. The van der Waals surface area contributed by atoms with E-state index < -0.39 is 5.72 Å². The standard InChI is InChI=1S/C16H15NO3.CHNO/c18-11-12-20-16(17-13-19,14-7-3-1-4-8-14)15-9-5-2-6-10-15;2-1-3/h1-10,18H,11-12H2;2H. The number of aliphatic hydroxyl groups is 1. The molecule has 2 rings (SSSR count). The summed E-state index contributed by atoms with van der Waals surface area (Å²) in [5, 5.41) is 14.4. The molecule has 2 aromatic rings. The number of rotatable bonds is 6. The van der Waals surface area contributed by atoms with Crippen LogP contribution in [0.3, 0.4) is 0 Å². The predicted octanol–water partition coefficient (Wildman–Crippen LogP) is 2.13. The van der Waals surface area contributed by atoms with Gasteiger partial charge in [0, 0.05) is 11.1 Å². The minimum Gasteiger partial charge on any atom is -0.394 e. The van der Waals surface area contributed by atoms with Crippen molar-refractivity contribution in [2.45, 2.75) is 5.72 Å². The van der Waals surface area contributed by atoms with E-state index in [0.717, 1.165) is 6.08 Å². The molecule has 0 fully saturated rings. The van der Waals surface area contributed by atoms with E-state index in [0.29, 0.717) is 11.1 Å². The zero-order valence-electron chi connectivity index (χ0n) is 12.3. The van der Waals surface area contributed by atoms with Crippen LogP contribution in [0.25, 0.3) is 0 Å². The van der Waals surface area contributed by atoms with Crippen LogP contribution in [0.1, 0.15) is 11.1 Å². The molecule has 2 aromatic carbocycles.